The summed E-state index contributed by atoms with van der Waals surface area (Å²) in [5, 5.41) is 0. The zero-order valence-electron chi connectivity index (χ0n) is 14.4. The minimum atomic E-state index is -0.0481. The maximum absolute atomic E-state index is 12.8. The molecule has 1 saturated heterocycles. The number of nitrogens with zero attached hydrogens (tertiary/aromatic N) is 1. The van der Waals surface area contributed by atoms with E-state index in [9.17, 15) is 4.79 Å². The summed E-state index contributed by atoms with van der Waals surface area (Å²) in [6.45, 7) is 4.19. The number of nitrogen functional groups attached to an aromatic ring is 1. The van der Waals surface area contributed by atoms with Crippen molar-refractivity contribution >= 4 is 11.6 Å². The molecule has 3 rings (SSSR count). The minimum Gasteiger partial charge on any atom is -0.497 e. The van der Waals surface area contributed by atoms with Gasteiger partial charge >= 0.3 is 0 Å². The molecule has 2 unspecified atom stereocenters. The number of methoxy groups -OCH3 is 1. The second kappa shape index (κ2) is 6.59. The van der Waals surface area contributed by atoms with Crippen LogP contribution in [0.15, 0.2) is 34.7 Å². The monoisotopic (exact) mass is 328 g/mol. The normalized spacial score (nSPS) is 20.9. The lowest BCUT2D eigenvalue weighted by Gasteiger charge is -2.38. The summed E-state index contributed by atoms with van der Waals surface area (Å²) in [5.41, 5.74) is 7.38. The molecule has 2 atom stereocenters. The van der Waals surface area contributed by atoms with Gasteiger partial charge in [0.1, 0.15) is 11.5 Å². The molecule has 0 radical (unpaired) electrons. The van der Waals surface area contributed by atoms with E-state index in [4.69, 9.17) is 14.9 Å². The van der Waals surface area contributed by atoms with E-state index < -0.39 is 0 Å². The largest absolute Gasteiger partial charge is 0.497 e. The van der Waals surface area contributed by atoms with Crippen LogP contribution < -0.4 is 10.5 Å². The van der Waals surface area contributed by atoms with E-state index in [1.807, 2.05) is 17.0 Å². The Morgan fingerprint density at radius 3 is 2.54 bits per heavy atom. The summed E-state index contributed by atoms with van der Waals surface area (Å²) < 4.78 is 11.0. The second-order valence-electron chi connectivity index (χ2n) is 6.46. The summed E-state index contributed by atoms with van der Waals surface area (Å²) in [5.74, 6) is 1.60. The zero-order valence-corrected chi connectivity index (χ0v) is 14.4. The van der Waals surface area contributed by atoms with Crippen molar-refractivity contribution in [1.82, 2.24) is 4.90 Å². The van der Waals surface area contributed by atoms with E-state index in [2.05, 4.69) is 13.8 Å². The summed E-state index contributed by atoms with van der Waals surface area (Å²) >= 11 is 0. The van der Waals surface area contributed by atoms with E-state index in [0.29, 0.717) is 23.0 Å². The van der Waals surface area contributed by atoms with Crippen molar-refractivity contribution < 1.29 is 13.9 Å². The first-order valence-electron chi connectivity index (χ1n) is 8.37. The number of piperidine rings is 1. The lowest BCUT2D eigenvalue weighted by atomic mass is 9.97. The Morgan fingerprint density at radius 1 is 1.21 bits per heavy atom. The summed E-state index contributed by atoms with van der Waals surface area (Å²) in [6, 6.07) is 9.41. The number of hydrogen-bond donors (Lipinski definition) is 1. The van der Waals surface area contributed by atoms with Crippen LogP contribution in [0.2, 0.25) is 0 Å². The SMILES string of the molecule is COc1ccc(-c2ccc(C(=O)N3C(C)CCCC3C)o2)c(N)c1. The molecule has 1 aromatic heterocycles. The zero-order chi connectivity index (χ0) is 17.3. The van der Waals surface area contributed by atoms with Crippen LogP contribution in [0.3, 0.4) is 0 Å². The van der Waals surface area contributed by atoms with Gasteiger partial charge in [-0.05, 0) is 57.4 Å². The maximum Gasteiger partial charge on any atom is 0.290 e. The minimum absolute atomic E-state index is 0.0481. The van der Waals surface area contributed by atoms with Gasteiger partial charge in [-0.2, -0.15) is 0 Å². The average Bonchev–Trinajstić information content (AvgIpc) is 3.04. The van der Waals surface area contributed by atoms with E-state index >= 15 is 0 Å². The Balaban J connectivity index is 1.86. The van der Waals surface area contributed by atoms with Crippen LogP contribution in [0.4, 0.5) is 5.69 Å². The number of rotatable bonds is 3. The third-order valence-corrected chi connectivity index (χ3v) is 4.77. The Kier molecular flexibility index (Phi) is 4.51. The number of anilines is 1. The first kappa shape index (κ1) is 16.4. The summed E-state index contributed by atoms with van der Waals surface area (Å²) in [4.78, 5) is 14.8. The predicted octanol–water partition coefficient (Wildman–Crippen LogP) is 3.94. The van der Waals surface area contributed by atoms with Crippen molar-refractivity contribution in [3.8, 4) is 17.1 Å². The molecule has 0 aliphatic carbocycles. The fourth-order valence-corrected chi connectivity index (χ4v) is 3.44. The molecule has 1 aromatic carbocycles. The first-order chi connectivity index (χ1) is 11.5. The van der Waals surface area contributed by atoms with Gasteiger partial charge in [0.05, 0.1) is 7.11 Å². The molecule has 2 N–H and O–H groups in total. The highest BCUT2D eigenvalue weighted by Gasteiger charge is 2.31. The number of carbonyl (C=O) groups is 1. The lowest BCUT2D eigenvalue weighted by molar-refractivity contribution is 0.0479. The maximum atomic E-state index is 12.8. The van der Waals surface area contributed by atoms with Crippen LogP contribution in [-0.4, -0.2) is 30.0 Å². The molecular formula is C19H24N2O3. The molecular weight excluding hydrogens is 304 g/mol. The van der Waals surface area contributed by atoms with Crippen LogP contribution in [-0.2, 0) is 0 Å². The van der Waals surface area contributed by atoms with Crippen molar-refractivity contribution in [3.05, 3.63) is 36.1 Å². The molecule has 1 aliphatic rings. The number of nitrogens with two attached hydrogens (primary N) is 1. The van der Waals surface area contributed by atoms with Gasteiger partial charge in [-0.25, -0.2) is 0 Å². The van der Waals surface area contributed by atoms with Gasteiger partial charge in [0.15, 0.2) is 5.76 Å². The number of ether oxygens (including phenoxy) is 1. The van der Waals surface area contributed by atoms with Gasteiger partial charge in [0, 0.05) is 29.4 Å². The van der Waals surface area contributed by atoms with E-state index in [-0.39, 0.29) is 18.0 Å². The molecule has 2 heterocycles. The molecule has 5 heteroatoms. The highest BCUT2D eigenvalue weighted by atomic mass is 16.5. The molecule has 0 saturated carbocycles. The fraction of sp³-hybridized carbons (Fsp3) is 0.421. The van der Waals surface area contributed by atoms with Crippen molar-refractivity contribution in [2.75, 3.05) is 12.8 Å². The third-order valence-electron chi connectivity index (χ3n) is 4.77. The number of carbonyl (C=O) groups excluding carboxylic acids is 1. The van der Waals surface area contributed by atoms with E-state index in [1.165, 1.54) is 0 Å². The van der Waals surface area contributed by atoms with E-state index in [0.717, 1.165) is 24.8 Å². The molecule has 1 amide bonds. The fourth-order valence-electron chi connectivity index (χ4n) is 3.44. The first-order valence-corrected chi connectivity index (χ1v) is 8.37. The van der Waals surface area contributed by atoms with Gasteiger partial charge in [-0.15, -0.1) is 0 Å². The predicted molar refractivity (Wildman–Crippen MR) is 94.1 cm³/mol. The van der Waals surface area contributed by atoms with Crippen LogP contribution in [0, 0.1) is 0 Å². The highest BCUT2D eigenvalue weighted by molar-refractivity contribution is 5.93. The third kappa shape index (κ3) is 2.98. The van der Waals surface area contributed by atoms with Gasteiger partial charge in [-0.1, -0.05) is 0 Å². The van der Waals surface area contributed by atoms with Gasteiger partial charge in [0.25, 0.3) is 5.91 Å². The number of furan rings is 1. The van der Waals surface area contributed by atoms with Crippen molar-refractivity contribution in [3.63, 3.8) is 0 Å². The van der Waals surface area contributed by atoms with Crippen LogP contribution >= 0.6 is 0 Å². The highest BCUT2D eigenvalue weighted by Crippen LogP contribution is 2.32. The molecule has 0 bridgehead atoms. The topological polar surface area (TPSA) is 68.7 Å². The molecule has 5 nitrogen and oxygen atoms in total. The van der Waals surface area contributed by atoms with E-state index in [1.54, 1.807) is 25.3 Å². The van der Waals surface area contributed by atoms with Crippen molar-refractivity contribution in [2.24, 2.45) is 0 Å². The Morgan fingerprint density at radius 2 is 1.92 bits per heavy atom. The number of likely N-dealkylation sites (tertiary alicyclic amines) is 1. The average molecular weight is 328 g/mol. The summed E-state index contributed by atoms with van der Waals surface area (Å²) in [6.07, 6.45) is 3.24. The molecule has 2 aromatic rings. The van der Waals surface area contributed by atoms with Crippen LogP contribution in [0.25, 0.3) is 11.3 Å². The Hall–Kier alpha value is -2.43. The van der Waals surface area contributed by atoms with Gasteiger partial charge in [-0.3, -0.25) is 4.79 Å². The van der Waals surface area contributed by atoms with Gasteiger partial charge in [0.2, 0.25) is 0 Å². The standard InChI is InChI=1S/C19H24N2O3/c1-12-5-4-6-13(2)21(12)19(22)18-10-9-17(24-18)15-8-7-14(23-3)11-16(15)20/h7-13H,4-6,20H2,1-3H3. The van der Waals surface area contributed by atoms with Crippen molar-refractivity contribution in [2.45, 2.75) is 45.2 Å². The number of hydrogen-bond acceptors (Lipinski definition) is 4. The van der Waals surface area contributed by atoms with Crippen LogP contribution in [0.5, 0.6) is 5.75 Å². The number of benzene rings is 1. The Labute approximate surface area is 142 Å². The lowest BCUT2D eigenvalue weighted by Crippen LogP contribution is -2.47. The van der Waals surface area contributed by atoms with Crippen molar-refractivity contribution in [1.29, 1.82) is 0 Å². The second-order valence-corrected chi connectivity index (χ2v) is 6.46. The smallest absolute Gasteiger partial charge is 0.290 e. The van der Waals surface area contributed by atoms with Crippen LogP contribution in [0.1, 0.15) is 43.7 Å². The molecule has 1 aliphatic heterocycles. The molecule has 24 heavy (non-hydrogen) atoms. The molecule has 128 valence electrons. The molecule has 1 fully saturated rings. The molecule has 0 spiro atoms. The number of amides is 1. The Bertz CT molecular complexity index is 728. The quantitative estimate of drug-likeness (QED) is 0.867. The van der Waals surface area contributed by atoms with Gasteiger partial charge < -0.3 is 19.8 Å². The summed E-state index contributed by atoms with van der Waals surface area (Å²) in [7, 11) is 1.60.